The first kappa shape index (κ1) is 13.4. The van der Waals surface area contributed by atoms with Gasteiger partial charge in [-0.3, -0.25) is 4.98 Å². The van der Waals surface area contributed by atoms with Crippen LogP contribution in [-0.4, -0.2) is 31.2 Å². The van der Waals surface area contributed by atoms with E-state index in [-0.39, 0.29) is 12.1 Å². The number of nitrogens with two attached hydrogens (primary N) is 1. The minimum absolute atomic E-state index is 0.160. The Labute approximate surface area is 122 Å². The van der Waals surface area contributed by atoms with Crippen molar-refractivity contribution in [3.8, 4) is 11.4 Å². The molecule has 0 aliphatic carbocycles. The second kappa shape index (κ2) is 5.80. The number of tetrazole rings is 1. The van der Waals surface area contributed by atoms with Crippen molar-refractivity contribution in [2.24, 2.45) is 5.73 Å². The molecule has 0 fully saturated rings. The Balaban J connectivity index is 1.97. The molecule has 0 aliphatic heterocycles. The summed E-state index contributed by atoms with van der Waals surface area (Å²) in [4.78, 5) is 5.69. The van der Waals surface area contributed by atoms with E-state index in [4.69, 9.17) is 5.73 Å². The second-order valence-electron chi connectivity index (χ2n) is 4.89. The third-order valence-corrected chi connectivity index (χ3v) is 3.23. The molecule has 106 valence electrons. The van der Waals surface area contributed by atoms with Crippen molar-refractivity contribution in [2.45, 2.75) is 19.0 Å². The molecule has 0 bridgehead atoms. The van der Waals surface area contributed by atoms with Gasteiger partial charge in [-0.1, -0.05) is 36.4 Å². The van der Waals surface area contributed by atoms with Crippen LogP contribution in [0.15, 0.2) is 54.9 Å². The summed E-state index contributed by atoms with van der Waals surface area (Å²) >= 11 is 0. The zero-order chi connectivity index (χ0) is 14.7. The fourth-order valence-corrected chi connectivity index (χ4v) is 2.24. The van der Waals surface area contributed by atoms with Crippen LogP contribution in [0.1, 0.15) is 18.5 Å². The first-order chi connectivity index (χ1) is 10.3. The van der Waals surface area contributed by atoms with Crippen LogP contribution >= 0.6 is 0 Å². The maximum atomic E-state index is 6.09. The maximum absolute atomic E-state index is 6.09. The molecule has 6 nitrogen and oxygen atoms in total. The molecule has 0 amide bonds. The standard InChI is InChI=1S/C15H16N6/c1-11(16)14(13-8-5-9-17-10-13)21-19-15(18-20-21)12-6-3-2-4-7-12/h2-11,14H,16H2,1H3. The van der Waals surface area contributed by atoms with Crippen LogP contribution in [-0.2, 0) is 0 Å². The normalized spacial score (nSPS) is 13.8. The molecule has 2 unspecified atom stereocenters. The van der Waals surface area contributed by atoms with Gasteiger partial charge in [0.1, 0.15) is 6.04 Å². The van der Waals surface area contributed by atoms with E-state index in [9.17, 15) is 0 Å². The van der Waals surface area contributed by atoms with Gasteiger partial charge in [-0.2, -0.15) is 4.80 Å². The molecule has 0 spiro atoms. The highest BCUT2D eigenvalue weighted by Gasteiger charge is 2.22. The molecule has 1 aromatic carbocycles. The van der Waals surface area contributed by atoms with Gasteiger partial charge < -0.3 is 5.73 Å². The molecule has 0 radical (unpaired) electrons. The van der Waals surface area contributed by atoms with Gasteiger partial charge in [0.15, 0.2) is 0 Å². The van der Waals surface area contributed by atoms with E-state index in [2.05, 4.69) is 20.4 Å². The van der Waals surface area contributed by atoms with E-state index in [1.165, 1.54) is 0 Å². The Morgan fingerprint density at radius 2 is 1.90 bits per heavy atom. The number of benzene rings is 1. The molecule has 2 atom stereocenters. The van der Waals surface area contributed by atoms with E-state index in [0.29, 0.717) is 5.82 Å². The van der Waals surface area contributed by atoms with Gasteiger partial charge in [0.2, 0.25) is 5.82 Å². The molecule has 6 heteroatoms. The van der Waals surface area contributed by atoms with Gasteiger partial charge in [0.25, 0.3) is 0 Å². The van der Waals surface area contributed by atoms with E-state index < -0.39 is 0 Å². The van der Waals surface area contributed by atoms with E-state index in [1.807, 2.05) is 49.4 Å². The number of hydrogen-bond acceptors (Lipinski definition) is 5. The van der Waals surface area contributed by atoms with Gasteiger partial charge in [0, 0.05) is 24.0 Å². The topological polar surface area (TPSA) is 82.5 Å². The smallest absolute Gasteiger partial charge is 0.204 e. The lowest BCUT2D eigenvalue weighted by molar-refractivity contribution is 0.399. The number of pyridine rings is 1. The van der Waals surface area contributed by atoms with Gasteiger partial charge in [-0.15, -0.1) is 10.2 Å². The first-order valence-electron chi connectivity index (χ1n) is 6.76. The van der Waals surface area contributed by atoms with E-state index in [0.717, 1.165) is 11.1 Å². The van der Waals surface area contributed by atoms with E-state index in [1.54, 1.807) is 17.2 Å². The van der Waals surface area contributed by atoms with Gasteiger partial charge in [0.05, 0.1) is 0 Å². The minimum atomic E-state index is -0.191. The van der Waals surface area contributed by atoms with Crippen LogP contribution in [0.2, 0.25) is 0 Å². The van der Waals surface area contributed by atoms with Crippen molar-refractivity contribution in [3.05, 3.63) is 60.4 Å². The summed E-state index contributed by atoms with van der Waals surface area (Å²) in [5.41, 5.74) is 7.98. The molecule has 2 N–H and O–H groups in total. The SMILES string of the molecule is CC(N)C(c1cccnc1)n1nnc(-c2ccccc2)n1. The summed E-state index contributed by atoms with van der Waals surface area (Å²) in [6, 6.07) is 13.2. The molecule has 2 heterocycles. The molecular weight excluding hydrogens is 264 g/mol. The number of hydrogen-bond donors (Lipinski definition) is 1. The average molecular weight is 280 g/mol. The molecule has 2 aromatic heterocycles. The Bertz CT molecular complexity index is 692. The Morgan fingerprint density at radius 1 is 1.10 bits per heavy atom. The van der Waals surface area contributed by atoms with E-state index >= 15 is 0 Å². The summed E-state index contributed by atoms with van der Waals surface area (Å²) in [5.74, 6) is 0.588. The van der Waals surface area contributed by atoms with Gasteiger partial charge in [-0.25, -0.2) is 0 Å². The highest BCUT2D eigenvalue weighted by molar-refractivity contribution is 5.53. The molecular formula is C15H16N6. The molecule has 0 aliphatic rings. The van der Waals surface area contributed by atoms with Gasteiger partial charge in [-0.05, 0) is 23.8 Å². The molecule has 0 saturated carbocycles. The predicted octanol–water partition coefficient (Wildman–Crippen LogP) is 1.67. The van der Waals surface area contributed by atoms with Gasteiger partial charge >= 0.3 is 0 Å². The quantitative estimate of drug-likeness (QED) is 0.786. The van der Waals surface area contributed by atoms with Crippen LogP contribution in [0.25, 0.3) is 11.4 Å². The summed E-state index contributed by atoms with van der Waals surface area (Å²) in [6.45, 7) is 1.92. The second-order valence-corrected chi connectivity index (χ2v) is 4.89. The molecule has 3 rings (SSSR count). The highest BCUT2D eigenvalue weighted by atomic mass is 15.6. The molecule has 21 heavy (non-hydrogen) atoms. The Hall–Kier alpha value is -2.60. The van der Waals surface area contributed by atoms with Crippen molar-refractivity contribution in [2.75, 3.05) is 0 Å². The Kier molecular flexibility index (Phi) is 3.70. The summed E-state index contributed by atoms with van der Waals surface area (Å²) in [5, 5.41) is 12.7. The Morgan fingerprint density at radius 3 is 2.57 bits per heavy atom. The van der Waals surface area contributed by atoms with Crippen molar-refractivity contribution in [1.82, 2.24) is 25.2 Å². The number of rotatable bonds is 4. The lowest BCUT2D eigenvalue weighted by Crippen LogP contribution is -2.31. The zero-order valence-electron chi connectivity index (χ0n) is 11.7. The molecule has 0 saturated heterocycles. The zero-order valence-corrected chi connectivity index (χ0v) is 11.7. The van der Waals surface area contributed by atoms with Crippen molar-refractivity contribution < 1.29 is 0 Å². The monoisotopic (exact) mass is 280 g/mol. The minimum Gasteiger partial charge on any atom is -0.326 e. The van der Waals surface area contributed by atoms with Crippen LogP contribution < -0.4 is 5.73 Å². The number of aromatic nitrogens is 5. The fourth-order valence-electron chi connectivity index (χ4n) is 2.24. The summed E-state index contributed by atoms with van der Waals surface area (Å²) in [7, 11) is 0. The fraction of sp³-hybridized carbons (Fsp3) is 0.200. The van der Waals surface area contributed by atoms with Crippen LogP contribution in [0.4, 0.5) is 0 Å². The lowest BCUT2D eigenvalue weighted by atomic mass is 10.0. The largest absolute Gasteiger partial charge is 0.326 e. The average Bonchev–Trinajstić information content (AvgIpc) is 2.98. The first-order valence-corrected chi connectivity index (χ1v) is 6.76. The lowest BCUT2D eigenvalue weighted by Gasteiger charge is -2.19. The van der Waals surface area contributed by atoms with Crippen LogP contribution in [0.3, 0.4) is 0 Å². The van der Waals surface area contributed by atoms with Crippen LogP contribution in [0.5, 0.6) is 0 Å². The highest BCUT2D eigenvalue weighted by Crippen LogP contribution is 2.20. The third kappa shape index (κ3) is 2.80. The van der Waals surface area contributed by atoms with Crippen LogP contribution in [0, 0.1) is 0 Å². The third-order valence-electron chi connectivity index (χ3n) is 3.23. The summed E-state index contributed by atoms with van der Waals surface area (Å²) in [6.07, 6.45) is 3.51. The predicted molar refractivity (Wildman–Crippen MR) is 79.3 cm³/mol. The number of nitrogens with zero attached hydrogens (tertiary/aromatic N) is 5. The summed E-state index contributed by atoms with van der Waals surface area (Å²) < 4.78 is 0. The van der Waals surface area contributed by atoms with Crippen molar-refractivity contribution in [3.63, 3.8) is 0 Å². The molecule has 3 aromatic rings. The van der Waals surface area contributed by atoms with Crippen molar-refractivity contribution >= 4 is 0 Å². The maximum Gasteiger partial charge on any atom is 0.204 e. The van der Waals surface area contributed by atoms with Crippen molar-refractivity contribution in [1.29, 1.82) is 0 Å².